The smallest absolute Gasteiger partial charge is 0.295 e. The second kappa shape index (κ2) is 5.79. The van der Waals surface area contributed by atoms with E-state index in [0.717, 1.165) is 19.3 Å². The quantitative estimate of drug-likeness (QED) is 0.478. The van der Waals surface area contributed by atoms with Gasteiger partial charge in [-0.15, -0.1) is 0 Å². The zero-order valence-electron chi connectivity index (χ0n) is 15.8. The van der Waals surface area contributed by atoms with Crippen molar-refractivity contribution in [1.82, 2.24) is 0 Å². The van der Waals surface area contributed by atoms with Crippen molar-refractivity contribution in [2.75, 3.05) is 0 Å². The average Bonchev–Trinajstić information content (AvgIpc) is 2.92. The summed E-state index contributed by atoms with van der Waals surface area (Å²) in [7, 11) is 0. The first-order valence-corrected chi connectivity index (χ1v) is 10.1. The van der Waals surface area contributed by atoms with Crippen LogP contribution in [0.25, 0.3) is 0 Å². The lowest BCUT2D eigenvalue weighted by Crippen LogP contribution is -2.54. The van der Waals surface area contributed by atoms with Crippen LogP contribution >= 0.6 is 0 Å². The molecule has 0 spiro atoms. The number of carbonyl (C=O) groups excluding carboxylic acids is 1. The SMILES string of the molecule is C[C@]12CCC(=O)C=C1CC[C@@H]1[C@H]2CC[C@]2(C)C(C(F)(F)C(F)(F)F)CC[C@@H]12. The Morgan fingerprint density at radius 1 is 0.926 bits per heavy atom. The summed E-state index contributed by atoms with van der Waals surface area (Å²) in [5.74, 6) is -5.67. The van der Waals surface area contributed by atoms with E-state index >= 15 is 0 Å². The highest BCUT2D eigenvalue weighted by atomic mass is 19.4. The van der Waals surface area contributed by atoms with E-state index in [9.17, 15) is 26.7 Å². The van der Waals surface area contributed by atoms with Crippen molar-refractivity contribution in [1.29, 1.82) is 0 Å². The van der Waals surface area contributed by atoms with Gasteiger partial charge in [-0.2, -0.15) is 22.0 Å². The fourth-order valence-corrected chi connectivity index (χ4v) is 7.35. The van der Waals surface area contributed by atoms with E-state index in [1.165, 1.54) is 5.57 Å². The molecule has 1 nitrogen and oxygen atoms in total. The molecule has 0 radical (unpaired) electrons. The minimum atomic E-state index is -5.48. The molecule has 0 aromatic carbocycles. The molecule has 0 aromatic rings. The third kappa shape index (κ3) is 2.57. The van der Waals surface area contributed by atoms with Gasteiger partial charge in [0.1, 0.15) is 0 Å². The minimum Gasteiger partial charge on any atom is -0.295 e. The van der Waals surface area contributed by atoms with Gasteiger partial charge >= 0.3 is 12.1 Å². The van der Waals surface area contributed by atoms with Gasteiger partial charge in [-0.3, -0.25) is 4.79 Å². The molecule has 0 aliphatic heterocycles. The van der Waals surface area contributed by atoms with Gasteiger partial charge in [0.2, 0.25) is 0 Å². The molecule has 4 rings (SSSR count). The maximum atomic E-state index is 14.3. The summed E-state index contributed by atoms with van der Waals surface area (Å²) in [6, 6.07) is 0. The number of rotatable bonds is 1. The Labute approximate surface area is 156 Å². The lowest BCUT2D eigenvalue weighted by molar-refractivity contribution is -0.316. The van der Waals surface area contributed by atoms with E-state index in [1.807, 2.05) is 0 Å². The lowest BCUT2D eigenvalue weighted by atomic mass is 9.46. The van der Waals surface area contributed by atoms with Crippen molar-refractivity contribution >= 4 is 5.78 Å². The maximum Gasteiger partial charge on any atom is 0.453 e. The first kappa shape index (κ1) is 19.4. The molecule has 0 N–H and O–H groups in total. The summed E-state index contributed by atoms with van der Waals surface area (Å²) < 4.78 is 67.8. The number of halogens is 5. The molecule has 0 aromatic heterocycles. The number of fused-ring (bicyclic) bond motifs is 5. The highest BCUT2D eigenvalue weighted by molar-refractivity contribution is 5.91. The molecule has 0 amide bonds. The molecule has 6 heteroatoms. The Balaban J connectivity index is 1.65. The largest absolute Gasteiger partial charge is 0.453 e. The summed E-state index contributed by atoms with van der Waals surface area (Å²) in [6.45, 7) is 3.87. The molecule has 0 heterocycles. The van der Waals surface area contributed by atoms with Gasteiger partial charge in [-0.1, -0.05) is 19.4 Å². The molecule has 152 valence electrons. The van der Waals surface area contributed by atoms with Crippen LogP contribution in [0.4, 0.5) is 22.0 Å². The third-order valence-corrected chi connectivity index (χ3v) is 8.78. The van der Waals surface area contributed by atoms with Gasteiger partial charge in [-0.05, 0) is 79.6 Å². The van der Waals surface area contributed by atoms with E-state index in [2.05, 4.69) is 6.92 Å². The predicted molar refractivity (Wildman–Crippen MR) is 91.2 cm³/mol. The van der Waals surface area contributed by atoms with Gasteiger partial charge in [0.05, 0.1) is 0 Å². The Kier molecular flexibility index (Phi) is 4.16. The number of ketones is 1. The van der Waals surface area contributed by atoms with E-state index in [4.69, 9.17) is 0 Å². The van der Waals surface area contributed by atoms with Crippen LogP contribution in [0.15, 0.2) is 11.6 Å². The summed E-state index contributed by atoms with van der Waals surface area (Å²) in [5, 5.41) is 0. The fraction of sp³-hybridized carbons (Fsp3) is 0.857. The molecule has 0 saturated heterocycles. The van der Waals surface area contributed by atoms with Crippen LogP contribution in [0.3, 0.4) is 0 Å². The molecule has 1 unspecified atom stereocenters. The highest BCUT2D eigenvalue weighted by Crippen LogP contribution is 2.69. The number of hydrogen-bond acceptors (Lipinski definition) is 1. The van der Waals surface area contributed by atoms with E-state index in [0.29, 0.717) is 31.6 Å². The number of allylic oxidation sites excluding steroid dienone is 1. The fourth-order valence-electron chi connectivity index (χ4n) is 7.35. The molecular weight excluding hydrogens is 363 g/mol. The van der Waals surface area contributed by atoms with Crippen molar-refractivity contribution in [2.24, 2.45) is 34.5 Å². The standard InChI is InChI=1S/C21H27F5O/c1-18-9-7-13(27)11-12(18)3-4-14-15-5-6-17(20(22,23)21(24,25)26)19(15,2)10-8-16(14)18/h11,14-17H,3-10H2,1-2H3/t14-,15-,16+,17?,18-,19-/m0/s1. The average molecular weight is 390 g/mol. The van der Waals surface area contributed by atoms with E-state index in [1.54, 1.807) is 13.0 Å². The van der Waals surface area contributed by atoms with Gasteiger partial charge in [0, 0.05) is 12.3 Å². The molecule has 4 aliphatic rings. The first-order valence-electron chi connectivity index (χ1n) is 10.1. The van der Waals surface area contributed by atoms with Crippen LogP contribution in [0, 0.1) is 34.5 Å². The monoisotopic (exact) mass is 390 g/mol. The highest BCUT2D eigenvalue weighted by Gasteiger charge is 2.70. The molecule has 4 aliphatic carbocycles. The van der Waals surface area contributed by atoms with Crippen LogP contribution in [0.2, 0.25) is 0 Å². The second-order valence-corrected chi connectivity index (χ2v) is 9.76. The van der Waals surface area contributed by atoms with Crippen LogP contribution < -0.4 is 0 Å². The molecule has 3 fully saturated rings. The van der Waals surface area contributed by atoms with Crippen molar-refractivity contribution < 1.29 is 26.7 Å². The van der Waals surface area contributed by atoms with Gasteiger partial charge < -0.3 is 0 Å². The number of alkyl halides is 5. The van der Waals surface area contributed by atoms with Crippen LogP contribution in [0.5, 0.6) is 0 Å². The molecule has 6 atom stereocenters. The minimum absolute atomic E-state index is 0.0468. The van der Waals surface area contributed by atoms with Gasteiger partial charge in [0.25, 0.3) is 0 Å². The summed E-state index contributed by atoms with van der Waals surface area (Å²) in [4.78, 5) is 11.8. The predicted octanol–water partition coefficient (Wildman–Crippen LogP) is 6.33. The van der Waals surface area contributed by atoms with Gasteiger partial charge in [0.15, 0.2) is 5.78 Å². The normalized spacial score (nSPS) is 45.0. The van der Waals surface area contributed by atoms with E-state index < -0.39 is 23.4 Å². The van der Waals surface area contributed by atoms with Crippen LogP contribution in [-0.4, -0.2) is 17.9 Å². The zero-order chi connectivity index (χ0) is 19.8. The molecule has 27 heavy (non-hydrogen) atoms. The Hall–Kier alpha value is -0.940. The Morgan fingerprint density at radius 3 is 2.30 bits per heavy atom. The third-order valence-electron chi connectivity index (χ3n) is 8.78. The van der Waals surface area contributed by atoms with Crippen molar-refractivity contribution in [3.8, 4) is 0 Å². The van der Waals surface area contributed by atoms with Crippen molar-refractivity contribution in [3.05, 3.63) is 11.6 Å². The molecule has 3 saturated carbocycles. The first-order chi connectivity index (χ1) is 12.4. The van der Waals surface area contributed by atoms with E-state index in [-0.39, 0.29) is 29.5 Å². The zero-order valence-corrected chi connectivity index (χ0v) is 15.8. The maximum absolute atomic E-state index is 14.3. The summed E-state index contributed by atoms with van der Waals surface area (Å²) in [6.07, 6.45) is 0.699. The molecular formula is C21H27F5O. The Bertz CT molecular complexity index is 681. The van der Waals surface area contributed by atoms with Crippen molar-refractivity contribution in [2.45, 2.75) is 77.3 Å². The number of hydrogen-bond donors (Lipinski definition) is 0. The van der Waals surface area contributed by atoms with Gasteiger partial charge in [-0.25, -0.2) is 0 Å². The van der Waals surface area contributed by atoms with Crippen molar-refractivity contribution in [3.63, 3.8) is 0 Å². The summed E-state index contributed by atoms with van der Waals surface area (Å²) >= 11 is 0. The topological polar surface area (TPSA) is 17.1 Å². The van der Waals surface area contributed by atoms with Crippen LogP contribution in [-0.2, 0) is 4.79 Å². The van der Waals surface area contributed by atoms with Crippen LogP contribution in [0.1, 0.15) is 65.2 Å². The molecule has 0 bridgehead atoms. The lowest BCUT2D eigenvalue weighted by Gasteiger charge is -2.58. The summed E-state index contributed by atoms with van der Waals surface area (Å²) in [5.41, 5.74) is 0.129. The second-order valence-electron chi connectivity index (χ2n) is 9.76. The number of carbonyl (C=O) groups is 1. The Morgan fingerprint density at radius 2 is 1.63 bits per heavy atom.